The van der Waals surface area contributed by atoms with E-state index in [0.29, 0.717) is 16.3 Å². The minimum atomic E-state index is -1.39. The number of nitrogens with one attached hydrogen (secondary N) is 1. The zero-order valence-corrected chi connectivity index (χ0v) is 14.3. The predicted molar refractivity (Wildman–Crippen MR) is 92.0 cm³/mol. The van der Waals surface area contributed by atoms with Gasteiger partial charge in [0.05, 0.1) is 0 Å². The molecule has 2 N–H and O–H groups in total. The first kappa shape index (κ1) is 18.5. The molecule has 0 heterocycles. The number of imide groups is 1. The van der Waals surface area contributed by atoms with Crippen LogP contribution < -0.4 is 10.1 Å². The van der Waals surface area contributed by atoms with Crippen molar-refractivity contribution in [3.05, 3.63) is 64.7 Å². The Morgan fingerprint density at radius 1 is 0.920 bits per heavy atom. The first-order valence-corrected chi connectivity index (χ1v) is 7.70. The van der Waals surface area contributed by atoms with Crippen LogP contribution in [-0.4, -0.2) is 28.5 Å². The lowest BCUT2D eigenvalue weighted by Crippen LogP contribution is -2.37. The maximum Gasteiger partial charge on any atom is 0.347 e. The van der Waals surface area contributed by atoms with E-state index < -0.39 is 23.4 Å². The largest absolute Gasteiger partial charge is 0.478 e. The fourth-order valence-corrected chi connectivity index (χ4v) is 1.99. The summed E-state index contributed by atoms with van der Waals surface area (Å²) in [5, 5.41) is 11.8. The van der Waals surface area contributed by atoms with Gasteiger partial charge >= 0.3 is 5.97 Å². The smallest absolute Gasteiger partial charge is 0.347 e. The molecule has 130 valence electrons. The van der Waals surface area contributed by atoms with E-state index in [9.17, 15) is 14.4 Å². The number of rotatable bonds is 5. The lowest BCUT2D eigenvalue weighted by molar-refractivity contribution is -0.152. The van der Waals surface area contributed by atoms with Crippen LogP contribution in [0.25, 0.3) is 0 Å². The van der Waals surface area contributed by atoms with Crippen LogP contribution in [0.1, 0.15) is 34.6 Å². The number of benzene rings is 2. The van der Waals surface area contributed by atoms with Gasteiger partial charge in [0.1, 0.15) is 5.75 Å². The molecule has 0 aliphatic heterocycles. The van der Waals surface area contributed by atoms with Crippen molar-refractivity contribution in [3.63, 3.8) is 0 Å². The van der Waals surface area contributed by atoms with Gasteiger partial charge in [-0.2, -0.15) is 0 Å². The van der Waals surface area contributed by atoms with Crippen LogP contribution in [-0.2, 0) is 4.79 Å². The van der Waals surface area contributed by atoms with Crippen molar-refractivity contribution in [1.29, 1.82) is 0 Å². The van der Waals surface area contributed by atoms with Crippen molar-refractivity contribution < 1.29 is 24.2 Å². The van der Waals surface area contributed by atoms with E-state index in [-0.39, 0.29) is 5.56 Å². The Morgan fingerprint density at radius 3 is 1.80 bits per heavy atom. The molecule has 6 nitrogen and oxygen atoms in total. The highest BCUT2D eigenvalue weighted by atomic mass is 35.5. The Balaban J connectivity index is 2.04. The van der Waals surface area contributed by atoms with E-state index >= 15 is 0 Å². The van der Waals surface area contributed by atoms with E-state index in [2.05, 4.69) is 5.32 Å². The quantitative estimate of drug-likeness (QED) is 0.798. The van der Waals surface area contributed by atoms with Crippen LogP contribution in [0.4, 0.5) is 0 Å². The van der Waals surface area contributed by atoms with Gasteiger partial charge in [0.2, 0.25) is 0 Å². The second kappa shape index (κ2) is 7.36. The maximum absolute atomic E-state index is 12.1. The lowest BCUT2D eigenvalue weighted by Gasteiger charge is -2.21. The fourth-order valence-electron chi connectivity index (χ4n) is 1.86. The summed E-state index contributed by atoms with van der Waals surface area (Å²) in [4.78, 5) is 35.2. The van der Waals surface area contributed by atoms with E-state index in [4.69, 9.17) is 21.4 Å². The van der Waals surface area contributed by atoms with Gasteiger partial charge in [0.25, 0.3) is 11.8 Å². The molecular weight excluding hydrogens is 346 g/mol. The van der Waals surface area contributed by atoms with Crippen LogP contribution >= 0.6 is 11.6 Å². The second-order valence-corrected chi connectivity index (χ2v) is 6.17. The monoisotopic (exact) mass is 361 g/mol. The molecule has 0 aliphatic carbocycles. The molecule has 0 fully saturated rings. The van der Waals surface area contributed by atoms with Crippen molar-refractivity contribution in [1.82, 2.24) is 5.32 Å². The van der Waals surface area contributed by atoms with E-state index in [1.54, 1.807) is 12.1 Å². The topological polar surface area (TPSA) is 92.7 Å². The molecule has 2 amide bonds. The number of amides is 2. The lowest BCUT2D eigenvalue weighted by atomic mass is 10.1. The molecule has 0 saturated carbocycles. The molecule has 0 spiro atoms. The van der Waals surface area contributed by atoms with Gasteiger partial charge in [0.15, 0.2) is 5.60 Å². The Labute approximate surface area is 149 Å². The first-order chi connectivity index (χ1) is 11.7. The van der Waals surface area contributed by atoms with E-state index in [1.165, 1.54) is 50.2 Å². The van der Waals surface area contributed by atoms with Crippen molar-refractivity contribution in [2.45, 2.75) is 19.4 Å². The number of carbonyl (C=O) groups is 3. The minimum absolute atomic E-state index is 0.239. The average molecular weight is 362 g/mol. The highest BCUT2D eigenvalue weighted by Gasteiger charge is 2.29. The number of hydrogen-bond donors (Lipinski definition) is 2. The second-order valence-electron chi connectivity index (χ2n) is 5.73. The zero-order valence-electron chi connectivity index (χ0n) is 13.6. The van der Waals surface area contributed by atoms with Gasteiger partial charge in [-0.3, -0.25) is 14.9 Å². The highest BCUT2D eigenvalue weighted by Crippen LogP contribution is 2.19. The Morgan fingerprint density at radius 2 is 1.36 bits per heavy atom. The number of carbonyl (C=O) groups excluding carboxylic acids is 2. The molecule has 0 radical (unpaired) electrons. The van der Waals surface area contributed by atoms with Gasteiger partial charge in [-0.15, -0.1) is 0 Å². The molecule has 0 saturated heterocycles. The summed E-state index contributed by atoms with van der Waals surface area (Å²) in [5.41, 5.74) is -0.849. The summed E-state index contributed by atoms with van der Waals surface area (Å²) in [7, 11) is 0. The molecule has 0 aromatic heterocycles. The zero-order chi connectivity index (χ0) is 18.6. The molecule has 25 heavy (non-hydrogen) atoms. The summed E-state index contributed by atoms with van der Waals surface area (Å²) in [6, 6.07) is 11.9. The number of aliphatic carboxylic acids is 1. The van der Waals surface area contributed by atoms with Crippen molar-refractivity contribution in [3.8, 4) is 5.75 Å². The third-order valence-electron chi connectivity index (χ3n) is 3.34. The predicted octanol–water partition coefficient (Wildman–Crippen LogP) is 3.15. The summed E-state index contributed by atoms with van der Waals surface area (Å²) >= 11 is 5.75. The van der Waals surface area contributed by atoms with Crippen LogP contribution in [0.15, 0.2) is 48.5 Å². The van der Waals surface area contributed by atoms with Gasteiger partial charge in [-0.05, 0) is 62.4 Å². The van der Waals surface area contributed by atoms with Crippen molar-refractivity contribution in [2.24, 2.45) is 0 Å². The standard InChI is InChI=1S/C18H16ClNO5/c1-18(2,17(23)24)25-14-9-5-12(6-10-14)16(22)20-15(21)11-3-7-13(19)8-4-11/h3-10H,1-2H3,(H,23,24)(H,20,21,22). The molecular formula is C18H16ClNO5. The van der Waals surface area contributed by atoms with Gasteiger partial charge < -0.3 is 9.84 Å². The Bertz CT molecular complexity index is 797. The van der Waals surface area contributed by atoms with E-state index in [1.807, 2.05) is 0 Å². The molecule has 0 bridgehead atoms. The molecule has 2 aromatic carbocycles. The molecule has 2 aromatic rings. The number of hydrogen-bond acceptors (Lipinski definition) is 4. The SMILES string of the molecule is CC(C)(Oc1ccc(C(=O)NC(=O)c2ccc(Cl)cc2)cc1)C(=O)O. The number of carboxylic acid groups (broad SMARTS) is 1. The fraction of sp³-hybridized carbons (Fsp3) is 0.167. The number of ether oxygens (including phenoxy) is 1. The molecule has 0 aliphatic rings. The van der Waals surface area contributed by atoms with Gasteiger partial charge in [-0.25, -0.2) is 4.79 Å². The van der Waals surface area contributed by atoms with Gasteiger partial charge in [-0.1, -0.05) is 11.6 Å². The van der Waals surface area contributed by atoms with Crippen LogP contribution in [0, 0.1) is 0 Å². The molecule has 0 unspecified atom stereocenters. The Kier molecular flexibility index (Phi) is 5.44. The first-order valence-electron chi connectivity index (χ1n) is 7.33. The highest BCUT2D eigenvalue weighted by molar-refractivity contribution is 6.30. The van der Waals surface area contributed by atoms with E-state index in [0.717, 1.165) is 0 Å². The summed E-state index contributed by atoms with van der Waals surface area (Å²) in [5.74, 6) is -1.94. The summed E-state index contributed by atoms with van der Waals surface area (Å²) in [6.07, 6.45) is 0. The molecule has 2 rings (SSSR count). The molecule has 7 heteroatoms. The van der Waals surface area contributed by atoms with Crippen molar-refractivity contribution in [2.75, 3.05) is 0 Å². The Hall–Kier alpha value is -2.86. The average Bonchev–Trinajstić information content (AvgIpc) is 2.55. The normalized spacial score (nSPS) is 10.8. The summed E-state index contributed by atoms with van der Waals surface area (Å²) < 4.78 is 5.35. The third-order valence-corrected chi connectivity index (χ3v) is 3.59. The van der Waals surface area contributed by atoms with Crippen LogP contribution in [0.3, 0.4) is 0 Å². The third kappa shape index (κ3) is 4.81. The number of carboxylic acids is 1. The maximum atomic E-state index is 12.1. The minimum Gasteiger partial charge on any atom is -0.478 e. The summed E-state index contributed by atoms with van der Waals surface area (Å²) in [6.45, 7) is 2.83. The van der Waals surface area contributed by atoms with Crippen molar-refractivity contribution >= 4 is 29.4 Å². The van der Waals surface area contributed by atoms with Crippen LogP contribution in [0.5, 0.6) is 5.75 Å². The molecule has 0 atom stereocenters. The number of halogens is 1. The van der Waals surface area contributed by atoms with Gasteiger partial charge in [0, 0.05) is 16.1 Å². The van der Waals surface area contributed by atoms with Crippen LogP contribution in [0.2, 0.25) is 5.02 Å².